The molecule has 13 heteroatoms. The molecule has 2 aromatic carbocycles. The van der Waals surface area contributed by atoms with Crippen LogP contribution in [0, 0.1) is 0 Å². The maximum atomic E-state index is 12.3. The first-order chi connectivity index (χ1) is 15.9. The normalized spacial score (nSPS) is 11.0. The molecule has 0 aliphatic carbocycles. The maximum absolute atomic E-state index is 12.3. The Hall–Kier alpha value is -1.89. The molecule has 0 fully saturated rings. The third kappa shape index (κ3) is 6.81. The fourth-order valence-electron chi connectivity index (χ4n) is 2.62. The van der Waals surface area contributed by atoms with Crippen LogP contribution in [0.1, 0.15) is 12.5 Å². The van der Waals surface area contributed by atoms with Gasteiger partial charge in [-0.25, -0.2) is 4.98 Å². The van der Waals surface area contributed by atoms with Crippen LogP contribution in [0.5, 0.6) is 0 Å². The van der Waals surface area contributed by atoms with E-state index in [1.807, 2.05) is 24.3 Å². The van der Waals surface area contributed by atoms with E-state index in [0.717, 1.165) is 30.1 Å². The lowest BCUT2D eigenvalue weighted by Gasteiger charge is -2.01. The van der Waals surface area contributed by atoms with Crippen molar-refractivity contribution in [2.45, 2.75) is 21.4 Å². The predicted molar refractivity (Wildman–Crippen MR) is 139 cm³/mol. The van der Waals surface area contributed by atoms with E-state index >= 15 is 0 Å². The molecular formula is C20H15Cl2N5O2S4. The van der Waals surface area contributed by atoms with Gasteiger partial charge in [-0.2, -0.15) is 0 Å². The molecule has 0 saturated heterocycles. The molecule has 7 nitrogen and oxygen atoms in total. The van der Waals surface area contributed by atoms with Gasteiger partial charge in [-0.15, -0.1) is 21.5 Å². The molecule has 2 heterocycles. The van der Waals surface area contributed by atoms with Gasteiger partial charge in [0.2, 0.25) is 16.9 Å². The summed E-state index contributed by atoms with van der Waals surface area (Å²) in [6, 6.07) is 11.0. The number of amides is 2. The van der Waals surface area contributed by atoms with E-state index in [2.05, 4.69) is 25.8 Å². The molecule has 4 aromatic rings. The van der Waals surface area contributed by atoms with E-state index in [-0.39, 0.29) is 17.6 Å². The van der Waals surface area contributed by atoms with E-state index in [1.165, 1.54) is 53.1 Å². The molecule has 4 rings (SSSR count). The summed E-state index contributed by atoms with van der Waals surface area (Å²) >= 11 is 17.6. The minimum atomic E-state index is -0.185. The smallest absolute Gasteiger partial charge is 0.236 e. The summed E-state index contributed by atoms with van der Waals surface area (Å²) in [4.78, 5) is 28.1. The first-order valence-corrected chi connectivity index (χ1v) is 13.7. The van der Waals surface area contributed by atoms with E-state index in [9.17, 15) is 9.59 Å². The predicted octanol–water partition coefficient (Wildman–Crippen LogP) is 6.44. The Bertz CT molecular complexity index is 1330. The molecule has 2 N–H and O–H groups in total. The Labute approximate surface area is 215 Å². The van der Waals surface area contributed by atoms with Gasteiger partial charge in [0.1, 0.15) is 0 Å². The van der Waals surface area contributed by atoms with Crippen molar-refractivity contribution in [1.29, 1.82) is 0 Å². The summed E-state index contributed by atoms with van der Waals surface area (Å²) in [7, 11) is 0. The molecule has 170 valence electrons. The Morgan fingerprint density at radius 3 is 2.61 bits per heavy atom. The SMILES string of the molecule is CC(=O)Nc1ccc2nc(SCC(=O)Nc3nnc(SCc4ccc(Cl)c(Cl)c4)s3)sc2c1. The van der Waals surface area contributed by atoms with Gasteiger partial charge in [0.15, 0.2) is 8.68 Å². The number of carbonyl (C=O) groups excluding carboxylic acids is 2. The number of fused-ring (bicyclic) bond motifs is 1. The summed E-state index contributed by atoms with van der Waals surface area (Å²) in [5, 5.41) is 15.2. The van der Waals surface area contributed by atoms with Gasteiger partial charge < -0.3 is 5.32 Å². The molecule has 0 atom stereocenters. The number of hydrogen-bond donors (Lipinski definition) is 2. The van der Waals surface area contributed by atoms with Crippen molar-refractivity contribution in [3.63, 3.8) is 0 Å². The van der Waals surface area contributed by atoms with Crippen molar-refractivity contribution >= 4 is 102 Å². The number of rotatable bonds is 8. The Morgan fingerprint density at radius 2 is 1.82 bits per heavy atom. The second-order valence-electron chi connectivity index (χ2n) is 6.59. The quantitative estimate of drug-likeness (QED) is 0.191. The molecule has 0 spiro atoms. The van der Waals surface area contributed by atoms with Gasteiger partial charge >= 0.3 is 0 Å². The van der Waals surface area contributed by atoms with E-state index < -0.39 is 0 Å². The van der Waals surface area contributed by atoms with Crippen LogP contribution < -0.4 is 10.6 Å². The highest BCUT2D eigenvalue weighted by Gasteiger charge is 2.12. The number of benzene rings is 2. The van der Waals surface area contributed by atoms with Crippen LogP contribution in [0.25, 0.3) is 10.2 Å². The van der Waals surface area contributed by atoms with Crippen LogP contribution in [-0.2, 0) is 15.3 Å². The number of thiazole rings is 1. The zero-order valence-electron chi connectivity index (χ0n) is 16.9. The first-order valence-electron chi connectivity index (χ1n) is 9.37. The van der Waals surface area contributed by atoms with Gasteiger partial charge in [-0.3, -0.25) is 14.9 Å². The van der Waals surface area contributed by atoms with Crippen molar-refractivity contribution in [2.24, 2.45) is 0 Å². The summed E-state index contributed by atoms with van der Waals surface area (Å²) in [5.74, 6) is 0.549. The monoisotopic (exact) mass is 555 g/mol. The number of carbonyl (C=O) groups is 2. The van der Waals surface area contributed by atoms with E-state index in [0.29, 0.717) is 20.9 Å². The number of halogens is 2. The van der Waals surface area contributed by atoms with E-state index in [1.54, 1.807) is 12.1 Å². The molecule has 0 aliphatic heterocycles. The number of nitrogens with zero attached hydrogens (tertiary/aromatic N) is 3. The second-order valence-corrected chi connectivity index (χ2v) is 11.9. The minimum Gasteiger partial charge on any atom is -0.326 e. The molecular weight excluding hydrogens is 541 g/mol. The highest BCUT2D eigenvalue weighted by molar-refractivity contribution is 8.01. The molecule has 33 heavy (non-hydrogen) atoms. The summed E-state index contributed by atoms with van der Waals surface area (Å²) in [6.07, 6.45) is 0. The molecule has 2 aromatic heterocycles. The topological polar surface area (TPSA) is 96.9 Å². The van der Waals surface area contributed by atoms with E-state index in [4.69, 9.17) is 23.2 Å². The van der Waals surface area contributed by atoms with Crippen LogP contribution in [0.4, 0.5) is 10.8 Å². The third-order valence-corrected chi connectivity index (χ3v) is 8.96. The maximum Gasteiger partial charge on any atom is 0.236 e. The Kier molecular flexibility index (Phi) is 8.10. The Morgan fingerprint density at radius 1 is 0.970 bits per heavy atom. The van der Waals surface area contributed by atoms with Crippen molar-refractivity contribution in [3.8, 4) is 0 Å². The minimum absolute atomic E-state index is 0.127. The largest absolute Gasteiger partial charge is 0.326 e. The third-order valence-electron chi connectivity index (χ3n) is 4.02. The highest BCUT2D eigenvalue weighted by Crippen LogP contribution is 2.33. The fourth-order valence-corrected chi connectivity index (χ4v) is 6.56. The number of anilines is 2. The fraction of sp³-hybridized carbons (Fsp3) is 0.150. The summed E-state index contributed by atoms with van der Waals surface area (Å²) < 4.78 is 2.46. The van der Waals surface area contributed by atoms with Crippen molar-refractivity contribution in [3.05, 3.63) is 52.0 Å². The number of nitrogens with one attached hydrogen (secondary N) is 2. The summed E-state index contributed by atoms with van der Waals surface area (Å²) in [5.41, 5.74) is 2.56. The average molecular weight is 557 g/mol. The van der Waals surface area contributed by atoms with Crippen LogP contribution >= 0.6 is 69.4 Å². The van der Waals surface area contributed by atoms with Crippen LogP contribution in [-0.4, -0.2) is 32.7 Å². The molecule has 0 bridgehead atoms. The van der Waals surface area contributed by atoms with Crippen LogP contribution in [0.15, 0.2) is 45.1 Å². The Balaban J connectivity index is 1.28. The zero-order chi connectivity index (χ0) is 23.4. The lowest BCUT2D eigenvalue weighted by molar-refractivity contribution is -0.114. The molecule has 0 radical (unpaired) electrons. The lowest BCUT2D eigenvalue weighted by Crippen LogP contribution is -2.13. The van der Waals surface area contributed by atoms with Gasteiger partial charge in [-0.1, -0.05) is 64.1 Å². The van der Waals surface area contributed by atoms with Crippen molar-refractivity contribution < 1.29 is 9.59 Å². The number of hydrogen-bond acceptors (Lipinski definition) is 9. The zero-order valence-corrected chi connectivity index (χ0v) is 21.7. The number of aromatic nitrogens is 3. The highest BCUT2D eigenvalue weighted by atomic mass is 35.5. The molecule has 2 amide bonds. The van der Waals surface area contributed by atoms with Crippen molar-refractivity contribution in [2.75, 3.05) is 16.4 Å². The lowest BCUT2D eigenvalue weighted by atomic mass is 10.2. The number of thioether (sulfide) groups is 2. The molecule has 0 unspecified atom stereocenters. The van der Waals surface area contributed by atoms with Gasteiger partial charge in [0.25, 0.3) is 0 Å². The van der Waals surface area contributed by atoms with Crippen LogP contribution in [0.3, 0.4) is 0 Å². The van der Waals surface area contributed by atoms with Gasteiger partial charge in [0, 0.05) is 18.4 Å². The van der Waals surface area contributed by atoms with Crippen LogP contribution in [0.2, 0.25) is 10.0 Å². The van der Waals surface area contributed by atoms with Gasteiger partial charge in [0.05, 0.1) is 26.0 Å². The molecule has 0 aliphatic rings. The summed E-state index contributed by atoms with van der Waals surface area (Å²) in [6.45, 7) is 1.46. The van der Waals surface area contributed by atoms with Gasteiger partial charge in [-0.05, 0) is 35.9 Å². The molecule has 0 saturated carbocycles. The van der Waals surface area contributed by atoms with Crippen molar-refractivity contribution in [1.82, 2.24) is 15.2 Å². The first kappa shape index (κ1) is 24.2. The average Bonchev–Trinajstić information content (AvgIpc) is 3.38. The second kappa shape index (κ2) is 11.0. The standard InChI is InChI=1S/C20H15Cl2N5O2S4/c1-10(28)23-12-3-5-15-16(7-12)32-19(24-15)31-9-17(29)25-18-26-27-20(33-18)30-8-11-2-4-13(21)14(22)6-11/h2-7H,8-9H2,1H3,(H,23,28)(H,25,26,29).